The average Bonchev–Trinajstić information content (AvgIpc) is 3.04. The molecule has 0 fully saturated rings. The minimum absolute atomic E-state index is 0.128. The van der Waals surface area contributed by atoms with Gasteiger partial charge >= 0.3 is 0 Å². The molecule has 2 aromatic carbocycles. The molecular weight excluding hydrogens is 354 g/mol. The lowest BCUT2D eigenvalue weighted by atomic mass is 10.2. The third-order valence-electron chi connectivity index (χ3n) is 4.00. The normalized spacial score (nSPS) is 10.6. The molecule has 0 radical (unpaired) electrons. The van der Waals surface area contributed by atoms with Gasteiger partial charge < -0.3 is 21.7 Å². The molecule has 0 atom stereocenters. The van der Waals surface area contributed by atoms with Crippen LogP contribution in [0.25, 0.3) is 5.65 Å². The van der Waals surface area contributed by atoms with Crippen LogP contribution in [0.3, 0.4) is 0 Å². The van der Waals surface area contributed by atoms with E-state index in [1.807, 2.05) is 60.7 Å². The van der Waals surface area contributed by atoms with E-state index in [0.717, 1.165) is 17.1 Å². The molecule has 0 aliphatic rings. The number of amides is 1. The number of carbonyl (C=O) groups excluding carboxylic acids is 1. The third-order valence-corrected chi connectivity index (χ3v) is 4.00. The number of nitrogens with zero attached hydrogens (tertiary/aromatic N) is 3. The summed E-state index contributed by atoms with van der Waals surface area (Å²) in [5.74, 6) is 0.884. The number of nitrogen functional groups attached to an aromatic ring is 1. The van der Waals surface area contributed by atoms with E-state index in [4.69, 9.17) is 5.73 Å². The van der Waals surface area contributed by atoms with Gasteiger partial charge in [-0.15, -0.1) is 5.10 Å². The summed E-state index contributed by atoms with van der Waals surface area (Å²) >= 11 is 0. The Morgan fingerprint density at radius 1 is 0.964 bits per heavy atom. The Kier molecular flexibility index (Phi) is 4.51. The van der Waals surface area contributed by atoms with Crippen molar-refractivity contribution in [2.45, 2.75) is 6.92 Å². The van der Waals surface area contributed by atoms with E-state index >= 15 is 0 Å². The number of benzene rings is 2. The van der Waals surface area contributed by atoms with E-state index in [1.165, 1.54) is 6.92 Å². The highest BCUT2D eigenvalue weighted by molar-refractivity contribution is 5.89. The molecule has 28 heavy (non-hydrogen) atoms. The fourth-order valence-electron chi connectivity index (χ4n) is 2.84. The number of nitrogens with two attached hydrogens (primary N) is 1. The Labute approximate surface area is 161 Å². The van der Waals surface area contributed by atoms with Gasteiger partial charge in [0.05, 0.1) is 11.9 Å². The Balaban J connectivity index is 1.69. The monoisotopic (exact) mass is 373 g/mol. The number of aromatic nitrogens is 3. The van der Waals surface area contributed by atoms with Crippen molar-refractivity contribution in [2.24, 2.45) is 0 Å². The summed E-state index contributed by atoms with van der Waals surface area (Å²) in [5, 5.41) is 13.9. The van der Waals surface area contributed by atoms with E-state index in [0.29, 0.717) is 23.0 Å². The predicted molar refractivity (Wildman–Crippen MR) is 111 cm³/mol. The van der Waals surface area contributed by atoms with Crippen LogP contribution in [0.2, 0.25) is 0 Å². The number of anilines is 6. The molecule has 4 aromatic rings. The zero-order valence-corrected chi connectivity index (χ0v) is 15.2. The first-order chi connectivity index (χ1) is 13.6. The van der Waals surface area contributed by atoms with Gasteiger partial charge in [-0.25, -0.2) is 4.98 Å². The van der Waals surface area contributed by atoms with Crippen LogP contribution in [0, 0.1) is 0 Å². The molecule has 0 aliphatic heterocycles. The van der Waals surface area contributed by atoms with Crippen LogP contribution in [0.1, 0.15) is 6.92 Å². The zero-order valence-electron chi connectivity index (χ0n) is 15.2. The molecular formula is C20H19N7O. The lowest BCUT2D eigenvalue weighted by molar-refractivity contribution is -0.114. The fraction of sp³-hybridized carbons (Fsp3) is 0.0500. The molecule has 0 saturated carbocycles. The first-order valence-corrected chi connectivity index (χ1v) is 8.69. The Morgan fingerprint density at radius 2 is 1.71 bits per heavy atom. The summed E-state index contributed by atoms with van der Waals surface area (Å²) < 4.78 is 1.57. The number of imidazole rings is 1. The van der Waals surface area contributed by atoms with Gasteiger partial charge in [0.1, 0.15) is 5.82 Å². The maximum atomic E-state index is 11.3. The number of carbonyl (C=O) groups is 1. The summed E-state index contributed by atoms with van der Waals surface area (Å²) in [7, 11) is 0. The van der Waals surface area contributed by atoms with Crippen LogP contribution < -0.4 is 21.7 Å². The van der Waals surface area contributed by atoms with Gasteiger partial charge in [-0.05, 0) is 30.3 Å². The lowest BCUT2D eigenvalue weighted by Crippen LogP contribution is -2.07. The van der Waals surface area contributed by atoms with Gasteiger partial charge in [-0.1, -0.05) is 24.3 Å². The zero-order chi connectivity index (χ0) is 19.5. The number of para-hydroxylation sites is 1. The maximum Gasteiger partial charge on any atom is 0.221 e. The first kappa shape index (κ1) is 17.3. The van der Waals surface area contributed by atoms with Crippen molar-refractivity contribution in [3.05, 3.63) is 66.9 Å². The number of hydrogen-bond donors (Lipinski definition) is 4. The van der Waals surface area contributed by atoms with Crippen LogP contribution in [-0.2, 0) is 4.79 Å². The maximum absolute atomic E-state index is 11.3. The summed E-state index contributed by atoms with van der Waals surface area (Å²) in [6, 6.07) is 19.0. The van der Waals surface area contributed by atoms with Crippen molar-refractivity contribution in [1.82, 2.24) is 14.6 Å². The van der Waals surface area contributed by atoms with E-state index in [2.05, 4.69) is 26.0 Å². The molecule has 0 aliphatic carbocycles. The highest BCUT2D eigenvalue weighted by atomic mass is 16.1. The number of nitrogens with one attached hydrogen (secondary N) is 3. The van der Waals surface area contributed by atoms with Crippen molar-refractivity contribution in [3.63, 3.8) is 0 Å². The highest BCUT2D eigenvalue weighted by Gasteiger charge is 2.11. The van der Waals surface area contributed by atoms with Crippen molar-refractivity contribution in [2.75, 3.05) is 21.7 Å². The fourth-order valence-corrected chi connectivity index (χ4v) is 2.84. The van der Waals surface area contributed by atoms with E-state index in [-0.39, 0.29) is 5.91 Å². The van der Waals surface area contributed by atoms with Crippen molar-refractivity contribution in [1.29, 1.82) is 0 Å². The summed E-state index contributed by atoms with van der Waals surface area (Å²) in [4.78, 5) is 15.6. The second-order valence-corrected chi connectivity index (χ2v) is 6.24. The third kappa shape index (κ3) is 3.70. The molecule has 0 saturated heterocycles. The van der Waals surface area contributed by atoms with Crippen LogP contribution >= 0.6 is 0 Å². The molecule has 0 spiro atoms. The molecule has 140 valence electrons. The molecule has 2 heterocycles. The largest absolute Gasteiger partial charge is 0.382 e. The summed E-state index contributed by atoms with van der Waals surface area (Å²) in [6.45, 7) is 1.47. The molecule has 4 rings (SSSR count). The number of hydrogen-bond acceptors (Lipinski definition) is 6. The van der Waals surface area contributed by atoms with Gasteiger partial charge in [0, 0.05) is 30.1 Å². The van der Waals surface area contributed by atoms with Crippen molar-refractivity contribution in [3.8, 4) is 0 Å². The Bertz CT molecular complexity index is 1140. The predicted octanol–water partition coefficient (Wildman–Crippen LogP) is 3.76. The highest BCUT2D eigenvalue weighted by Crippen LogP contribution is 2.27. The van der Waals surface area contributed by atoms with Gasteiger partial charge in [0.2, 0.25) is 5.91 Å². The molecule has 5 N–H and O–H groups in total. The van der Waals surface area contributed by atoms with Crippen LogP contribution in [0.5, 0.6) is 0 Å². The first-order valence-electron chi connectivity index (χ1n) is 8.69. The SMILES string of the molecule is CC(=O)Nc1cccc(Nc2cc(Nc3ccccc3)c3ncc(N)n3n2)c1. The van der Waals surface area contributed by atoms with Crippen LogP contribution in [0.4, 0.5) is 34.4 Å². The second kappa shape index (κ2) is 7.28. The van der Waals surface area contributed by atoms with Gasteiger partial charge in [-0.2, -0.15) is 4.52 Å². The van der Waals surface area contributed by atoms with Gasteiger partial charge in [-0.3, -0.25) is 4.79 Å². The number of fused-ring (bicyclic) bond motifs is 1. The molecule has 0 unspecified atom stereocenters. The average molecular weight is 373 g/mol. The Morgan fingerprint density at radius 3 is 2.50 bits per heavy atom. The van der Waals surface area contributed by atoms with E-state index in [1.54, 1.807) is 10.7 Å². The topological polar surface area (TPSA) is 109 Å². The quantitative estimate of drug-likeness (QED) is 0.424. The van der Waals surface area contributed by atoms with E-state index < -0.39 is 0 Å². The lowest BCUT2D eigenvalue weighted by Gasteiger charge is -2.12. The van der Waals surface area contributed by atoms with Crippen molar-refractivity contribution >= 4 is 45.9 Å². The molecule has 8 heteroatoms. The smallest absolute Gasteiger partial charge is 0.221 e. The molecule has 8 nitrogen and oxygen atoms in total. The van der Waals surface area contributed by atoms with Crippen molar-refractivity contribution < 1.29 is 4.79 Å². The minimum Gasteiger partial charge on any atom is -0.382 e. The molecule has 0 bridgehead atoms. The van der Waals surface area contributed by atoms with Gasteiger partial charge in [0.25, 0.3) is 0 Å². The van der Waals surface area contributed by atoms with Crippen LogP contribution in [-0.4, -0.2) is 20.5 Å². The molecule has 1 amide bonds. The summed E-state index contributed by atoms with van der Waals surface area (Å²) in [5.41, 5.74) is 9.81. The van der Waals surface area contributed by atoms with Gasteiger partial charge in [0.15, 0.2) is 11.5 Å². The number of rotatable bonds is 5. The minimum atomic E-state index is -0.128. The summed E-state index contributed by atoms with van der Waals surface area (Å²) in [6.07, 6.45) is 1.57. The standard InChI is InChI=1S/C20H19N7O/c1-13(28)23-15-8-5-9-16(10-15)25-19-11-17(24-14-6-3-2-4-7-14)20-22-12-18(21)27(20)26-19/h2-12,24H,21H2,1H3,(H,23,28)(H,25,26). The van der Waals surface area contributed by atoms with Crippen LogP contribution in [0.15, 0.2) is 66.9 Å². The van der Waals surface area contributed by atoms with E-state index in [9.17, 15) is 4.79 Å². The Hall–Kier alpha value is -4.07. The second-order valence-electron chi connectivity index (χ2n) is 6.24. The molecule has 2 aromatic heterocycles.